The predicted molar refractivity (Wildman–Crippen MR) is 79.8 cm³/mol. The molecule has 20 heavy (non-hydrogen) atoms. The maximum Gasteiger partial charge on any atom is 0.242 e. The third kappa shape index (κ3) is 8.12. The second-order valence-electron chi connectivity index (χ2n) is 4.85. The van der Waals surface area contributed by atoms with Gasteiger partial charge < -0.3 is 14.8 Å². The zero-order valence-electron chi connectivity index (χ0n) is 12.8. The van der Waals surface area contributed by atoms with E-state index in [1.54, 1.807) is 7.11 Å². The summed E-state index contributed by atoms with van der Waals surface area (Å²) in [5, 5.41) is 10.2. The SMILES string of the molecule is CCCCCCCCNc1n[nH]c(COCCOC)n1. The first-order valence-electron chi connectivity index (χ1n) is 7.58. The average Bonchev–Trinajstić information content (AvgIpc) is 2.90. The van der Waals surface area contributed by atoms with Crippen LogP contribution in [0.5, 0.6) is 0 Å². The third-order valence-corrected chi connectivity index (χ3v) is 3.02. The van der Waals surface area contributed by atoms with E-state index in [9.17, 15) is 0 Å². The van der Waals surface area contributed by atoms with Crippen LogP contribution in [0.1, 0.15) is 51.3 Å². The molecule has 116 valence electrons. The van der Waals surface area contributed by atoms with Crippen LogP contribution < -0.4 is 5.32 Å². The summed E-state index contributed by atoms with van der Waals surface area (Å²) in [6.45, 7) is 4.76. The fourth-order valence-corrected chi connectivity index (χ4v) is 1.86. The minimum absolute atomic E-state index is 0.440. The first kappa shape index (κ1) is 16.9. The summed E-state index contributed by atoms with van der Waals surface area (Å²) in [7, 11) is 1.65. The van der Waals surface area contributed by atoms with Gasteiger partial charge in [-0.05, 0) is 6.42 Å². The van der Waals surface area contributed by atoms with E-state index in [1.165, 1.54) is 32.1 Å². The standard InChI is InChI=1S/C14H28N4O2/c1-3-4-5-6-7-8-9-15-14-16-13(17-18-14)12-20-11-10-19-2/h3-12H2,1-2H3,(H2,15,16,17,18). The molecular formula is C14H28N4O2. The van der Waals surface area contributed by atoms with Crippen LogP contribution in [0.4, 0.5) is 5.95 Å². The maximum absolute atomic E-state index is 5.37. The lowest BCUT2D eigenvalue weighted by Gasteiger charge is -2.02. The Balaban J connectivity index is 2.02. The normalized spacial score (nSPS) is 10.9. The monoisotopic (exact) mass is 284 g/mol. The van der Waals surface area contributed by atoms with Crippen molar-refractivity contribution >= 4 is 5.95 Å². The lowest BCUT2D eigenvalue weighted by atomic mass is 10.1. The fourth-order valence-electron chi connectivity index (χ4n) is 1.86. The molecule has 0 spiro atoms. The van der Waals surface area contributed by atoms with Gasteiger partial charge in [0.05, 0.1) is 13.2 Å². The molecule has 0 unspecified atom stereocenters. The Bertz CT molecular complexity index is 331. The molecule has 2 N–H and O–H groups in total. The second-order valence-corrected chi connectivity index (χ2v) is 4.85. The Labute approximate surface area is 121 Å². The molecule has 0 saturated carbocycles. The number of nitrogens with one attached hydrogen (secondary N) is 2. The maximum atomic E-state index is 5.37. The van der Waals surface area contributed by atoms with Gasteiger partial charge in [0.15, 0.2) is 5.82 Å². The summed E-state index contributed by atoms with van der Waals surface area (Å²) < 4.78 is 10.3. The highest BCUT2D eigenvalue weighted by Crippen LogP contribution is 2.06. The van der Waals surface area contributed by atoms with E-state index in [0.29, 0.717) is 25.8 Å². The van der Waals surface area contributed by atoms with E-state index in [2.05, 4.69) is 27.4 Å². The van der Waals surface area contributed by atoms with Crippen LogP contribution >= 0.6 is 0 Å². The van der Waals surface area contributed by atoms with Crippen LogP contribution in [0.25, 0.3) is 0 Å². The second kappa shape index (κ2) is 11.7. The number of aromatic nitrogens is 3. The Morgan fingerprint density at radius 1 is 1.10 bits per heavy atom. The van der Waals surface area contributed by atoms with Crippen LogP contribution in [0.15, 0.2) is 0 Å². The first-order valence-corrected chi connectivity index (χ1v) is 7.58. The van der Waals surface area contributed by atoms with Crippen molar-refractivity contribution in [1.29, 1.82) is 0 Å². The Morgan fingerprint density at radius 2 is 1.90 bits per heavy atom. The van der Waals surface area contributed by atoms with Gasteiger partial charge in [-0.15, -0.1) is 5.10 Å². The van der Waals surface area contributed by atoms with Gasteiger partial charge in [0.2, 0.25) is 5.95 Å². The molecule has 0 radical (unpaired) electrons. The van der Waals surface area contributed by atoms with Crippen molar-refractivity contribution in [3.63, 3.8) is 0 Å². The Hall–Kier alpha value is -1.14. The molecule has 0 aliphatic rings. The molecule has 0 amide bonds. The number of unbranched alkanes of at least 4 members (excludes halogenated alkanes) is 5. The quantitative estimate of drug-likeness (QED) is 0.545. The number of hydrogen-bond acceptors (Lipinski definition) is 5. The van der Waals surface area contributed by atoms with Crippen LogP contribution in [0, 0.1) is 0 Å². The molecule has 6 nitrogen and oxygen atoms in total. The van der Waals surface area contributed by atoms with Gasteiger partial charge in [-0.3, -0.25) is 5.10 Å². The van der Waals surface area contributed by atoms with E-state index in [4.69, 9.17) is 9.47 Å². The van der Waals surface area contributed by atoms with Crippen molar-refractivity contribution < 1.29 is 9.47 Å². The molecule has 6 heteroatoms. The summed E-state index contributed by atoms with van der Waals surface area (Å²) in [6.07, 6.45) is 7.75. The lowest BCUT2D eigenvalue weighted by molar-refractivity contribution is 0.0587. The fraction of sp³-hybridized carbons (Fsp3) is 0.857. The Morgan fingerprint density at radius 3 is 2.70 bits per heavy atom. The summed E-state index contributed by atoms with van der Waals surface area (Å²) in [5.41, 5.74) is 0. The molecule has 0 saturated heterocycles. The minimum Gasteiger partial charge on any atom is -0.382 e. The van der Waals surface area contributed by atoms with Gasteiger partial charge in [0.1, 0.15) is 6.61 Å². The number of hydrogen-bond donors (Lipinski definition) is 2. The Kier molecular flexibility index (Phi) is 9.87. The van der Waals surface area contributed by atoms with Crippen molar-refractivity contribution in [2.75, 3.05) is 32.2 Å². The molecule has 0 aromatic carbocycles. The number of H-pyrrole nitrogens is 1. The van der Waals surface area contributed by atoms with Gasteiger partial charge in [0.25, 0.3) is 0 Å². The molecule has 1 heterocycles. The number of nitrogens with zero attached hydrogens (tertiary/aromatic N) is 2. The van der Waals surface area contributed by atoms with E-state index < -0.39 is 0 Å². The largest absolute Gasteiger partial charge is 0.382 e. The summed E-state index contributed by atoms with van der Waals surface area (Å²) in [6, 6.07) is 0. The minimum atomic E-state index is 0.440. The summed E-state index contributed by atoms with van der Waals surface area (Å²) in [5.74, 6) is 1.40. The number of aromatic amines is 1. The number of methoxy groups -OCH3 is 1. The van der Waals surface area contributed by atoms with Crippen molar-refractivity contribution in [2.45, 2.75) is 52.1 Å². The van der Waals surface area contributed by atoms with Crippen molar-refractivity contribution in [3.8, 4) is 0 Å². The van der Waals surface area contributed by atoms with Gasteiger partial charge in [-0.25, -0.2) is 0 Å². The van der Waals surface area contributed by atoms with Crippen LogP contribution in [-0.4, -0.2) is 42.0 Å². The van der Waals surface area contributed by atoms with Gasteiger partial charge in [-0.1, -0.05) is 39.0 Å². The molecule has 0 atom stereocenters. The summed E-state index contributed by atoms with van der Waals surface area (Å²) >= 11 is 0. The molecule has 0 fully saturated rings. The van der Waals surface area contributed by atoms with Crippen molar-refractivity contribution in [3.05, 3.63) is 5.82 Å². The zero-order chi connectivity index (χ0) is 14.5. The van der Waals surface area contributed by atoms with Crippen molar-refractivity contribution in [2.24, 2.45) is 0 Å². The first-order chi connectivity index (χ1) is 9.86. The van der Waals surface area contributed by atoms with E-state index in [-0.39, 0.29) is 0 Å². The molecule has 1 aromatic heterocycles. The van der Waals surface area contributed by atoms with Crippen molar-refractivity contribution in [1.82, 2.24) is 15.2 Å². The topological polar surface area (TPSA) is 72.1 Å². The molecule has 0 bridgehead atoms. The average molecular weight is 284 g/mol. The number of anilines is 1. The van der Waals surface area contributed by atoms with E-state index in [0.717, 1.165) is 18.8 Å². The van der Waals surface area contributed by atoms with Gasteiger partial charge in [0, 0.05) is 13.7 Å². The highest BCUT2D eigenvalue weighted by Gasteiger charge is 2.02. The number of ether oxygens (including phenoxy) is 2. The summed E-state index contributed by atoms with van der Waals surface area (Å²) in [4.78, 5) is 4.31. The molecular weight excluding hydrogens is 256 g/mol. The predicted octanol–water partition coefficient (Wildman–Crippen LogP) is 2.74. The lowest BCUT2D eigenvalue weighted by Crippen LogP contribution is -2.04. The number of rotatable bonds is 13. The smallest absolute Gasteiger partial charge is 0.242 e. The third-order valence-electron chi connectivity index (χ3n) is 3.02. The molecule has 1 aromatic rings. The van der Waals surface area contributed by atoms with E-state index in [1.807, 2.05) is 0 Å². The van der Waals surface area contributed by atoms with Gasteiger partial charge >= 0.3 is 0 Å². The van der Waals surface area contributed by atoms with Crippen LogP contribution in [0.2, 0.25) is 0 Å². The molecule has 0 aliphatic carbocycles. The molecule has 0 aliphatic heterocycles. The zero-order valence-corrected chi connectivity index (χ0v) is 12.8. The highest BCUT2D eigenvalue weighted by atomic mass is 16.5. The molecule has 1 rings (SSSR count). The van der Waals surface area contributed by atoms with Crippen LogP contribution in [0.3, 0.4) is 0 Å². The van der Waals surface area contributed by atoms with Gasteiger partial charge in [-0.2, -0.15) is 4.98 Å². The van der Waals surface area contributed by atoms with E-state index >= 15 is 0 Å². The highest BCUT2D eigenvalue weighted by molar-refractivity contribution is 5.21. The van der Waals surface area contributed by atoms with Crippen LogP contribution in [-0.2, 0) is 16.1 Å².